The second kappa shape index (κ2) is 6.07. The van der Waals surface area contributed by atoms with E-state index in [1.165, 1.54) is 4.57 Å². The molecule has 4 rings (SSSR count). The lowest BCUT2D eigenvalue weighted by molar-refractivity contribution is 0.413. The van der Waals surface area contributed by atoms with Crippen LogP contribution >= 0.6 is 11.3 Å². The molecule has 124 valence electrons. The molecule has 1 N–H and O–H groups in total. The number of rotatable bonds is 3. The number of aromatic nitrogens is 1. The maximum Gasteiger partial charge on any atom is 0.315 e. The number of nitrogens with zero attached hydrogens (tertiary/aromatic N) is 2. The Kier molecular flexibility index (Phi) is 3.74. The molecule has 2 aromatic carbocycles. The van der Waals surface area contributed by atoms with Crippen molar-refractivity contribution in [1.82, 2.24) is 4.57 Å². The molecular formula is C19H14N2O3S. The van der Waals surface area contributed by atoms with Crippen LogP contribution < -0.4 is 9.61 Å². The molecular weight excluding hydrogens is 336 g/mol. The molecule has 0 spiro atoms. The summed E-state index contributed by atoms with van der Waals surface area (Å²) in [6, 6.07) is 14.8. The SMILES string of the molecule is COc1cccc(-n2c(O)c(C=C3C=Nc4ccccc43)sc2=O)c1. The fourth-order valence-electron chi connectivity index (χ4n) is 2.75. The van der Waals surface area contributed by atoms with Crippen molar-refractivity contribution >= 4 is 34.9 Å². The van der Waals surface area contributed by atoms with Gasteiger partial charge in [-0.25, -0.2) is 4.57 Å². The van der Waals surface area contributed by atoms with E-state index in [0.717, 1.165) is 28.2 Å². The standard InChI is InChI=1S/C19H14N2O3S/c1-24-14-6-4-5-13(10-14)21-18(22)17(25-19(21)23)9-12-11-20-16-8-3-2-7-15(12)16/h2-11,22H,1H3. The quantitative estimate of drug-likeness (QED) is 0.780. The highest BCUT2D eigenvalue weighted by atomic mass is 32.1. The van der Waals surface area contributed by atoms with Crippen molar-refractivity contribution in [3.8, 4) is 17.3 Å². The molecule has 0 aliphatic carbocycles. The number of aromatic hydroxyl groups is 1. The first-order valence-corrected chi connectivity index (χ1v) is 8.43. The molecule has 1 aromatic heterocycles. The van der Waals surface area contributed by atoms with Gasteiger partial charge in [-0.05, 0) is 24.3 Å². The van der Waals surface area contributed by atoms with Crippen LogP contribution in [0, 0.1) is 0 Å². The number of allylic oxidation sites excluding steroid dienone is 1. The van der Waals surface area contributed by atoms with Crippen molar-refractivity contribution in [3.63, 3.8) is 0 Å². The van der Waals surface area contributed by atoms with Gasteiger partial charge < -0.3 is 9.84 Å². The summed E-state index contributed by atoms with van der Waals surface area (Å²) >= 11 is 0.989. The zero-order valence-electron chi connectivity index (χ0n) is 13.3. The van der Waals surface area contributed by atoms with Crippen molar-refractivity contribution in [1.29, 1.82) is 0 Å². The molecule has 2 heterocycles. The third-order valence-electron chi connectivity index (χ3n) is 3.97. The van der Waals surface area contributed by atoms with Crippen LogP contribution in [0.3, 0.4) is 0 Å². The monoisotopic (exact) mass is 350 g/mol. The summed E-state index contributed by atoms with van der Waals surface area (Å²) in [6.45, 7) is 0. The van der Waals surface area contributed by atoms with Gasteiger partial charge in [0.25, 0.3) is 0 Å². The van der Waals surface area contributed by atoms with E-state index in [2.05, 4.69) is 4.99 Å². The summed E-state index contributed by atoms with van der Waals surface area (Å²) in [5.74, 6) is 0.528. The average Bonchev–Trinajstić information content (AvgIpc) is 3.16. The molecule has 5 nitrogen and oxygen atoms in total. The number of aliphatic imine (C=N–C) groups is 1. The van der Waals surface area contributed by atoms with E-state index < -0.39 is 0 Å². The molecule has 0 saturated carbocycles. The van der Waals surface area contributed by atoms with E-state index in [1.807, 2.05) is 24.3 Å². The normalized spacial score (nSPS) is 14.0. The van der Waals surface area contributed by atoms with Gasteiger partial charge in [0.2, 0.25) is 5.88 Å². The third kappa shape index (κ3) is 2.66. The number of benzene rings is 2. The van der Waals surface area contributed by atoms with Crippen LogP contribution in [0.25, 0.3) is 17.3 Å². The van der Waals surface area contributed by atoms with Crippen LogP contribution in [0.2, 0.25) is 0 Å². The van der Waals surface area contributed by atoms with Crippen molar-refractivity contribution in [2.45, 2.75) is 0 Å². The highest BCUT2D eigenvalue weighted by Crippen LogP contribution is 2.35. The summed E-state index contributed by atoms with van der Waals surface area (Å²) in [4.78, 5) is 17.0. The molecule has 0 saturated heterocycles. The number of hydrogen-bond donors (Lipinski definition) is 1. The maximum atomic E-state index is 12.4. The molecule has 0 amide bonds. The largest absolute Gasteiger partial charge is 0.497 e. The molecule has 0 fully saturated rings. The van der Waals surface area contributed by atoms with Crippen LogP contribution in [0.4, 0.5) is 5.69 Å². The Morgan fingerprint density at radius 1 is 1.20 bits per heavy atom. The number of fused-ring (bicyclic) bond motifs is 1. The number of methoxy groups -OCH3 is 1. The van der Waals surface area contributed by atoms with Crippen LogP contribution in [-0.2, 0) is 0 Å². The Labute approximate surface area is 147 Å². The molecule has 0 atom stereocenters. The highest BCUT2D eigenvalue weighted by molar-refractivity contribution is 7.10. The van der Waals surface area contributed by atoms with E-state index in [1.54, 1.807) is 43.7 Å². The minimum Gasteiger partial charge on any atom is -0.497 e. The van der Waals surface area contributed by atoms with Crippen molar-refractivity contribution in [2.75, 3.05) is 7.11 Å². The van der Waals surface area contributed by atoms with Crippen molar-refractivity contribution in [3.05, 3.63) is 68.6 Å². The van der Waals surface area contributed by atoms with E-state index in [-0.39, 0.29) is 10.8 Å². The molecule has 0 bridgehead atoms. The first kappa shape index (κ1) is 15.4. The van der Waals surface area contributed by atoms with Crippen LogP contribution in [0.5, 0.6) is 11.6 Å². The van der Waals surface area contributed by atoms with Gasteiger partial charge in [0.1, 0.15) is 5.75 Å². The summed E-state index contributed by atoms with van der Waals surface area (Å²) in [6.07, 6.45) is 3.53. The minimum absolute atomic E-state index is 0.0893. The van der Waals surface area contributed by atoms with Gasteiger partial charge in [-0.1, -0.05) is 35.6 Å². The first-order valence-electron chi connectivity index (χ1n) is 7.62. The Bertz CT molecular complexity index is 1080. The number of hydrogen-bond acceptors (Lipinski definition) is 5. The zero-order chi connectivity index (χ0) is 17.4. The summed E-state index contributed by atoms with van der Waals surface area (Å²) < 4.78 is 6.46. The topological polar surface area (TPSA) is 63.8 Å². The molecule has 1 aliphatic rings. The van der Waals surface area contributed by atoms with E-state index in [0.29, 0.717) is 16.3 Å². The van der Waals surface area contributed by atoms with E-state index in [9.17, 15) is 9.90 Å². The second-order valence-electron chi connectivity index (χ2n) is 5.47. The predicted molar refractivity (Wildman–Crippen MR) is 101 cm³/mol. The Balaban J connectivity index is 1.80. The summed E-state index contributed by atoms with van der Waals surface area (Å²) in [5.41, 5.74) is 3.29. The minimum atomic E-state index is -0.263. The lowest BCUT2D eigenvalue weighted by Gasteiger charge is -2.06. The summed E-state index contributed by atoms with van der Waals surface area (Å²) in [7, 11) is 1.56. The maximum absolute atomic E-state index is 12.4. The van der Waals surface area contributed by atoms with Gasteiger partial charge in [-0.3, -0.25) is 9.79 Å². The van der Waals surface area contributed by atoms with Crippen molar-refractivity contribution < 1.29 is 9.84 Å². The average molecular weight is 350 g/mol. The van der Waals surface area contributed by atoms with E-state index >= 15 is 0 Å². The smallest absolute Gasteiger partial charge is 0.315 e. The lowest BCUT2D eigenvalue weighted by Crippen LogP contribution is -2.09. The molecule has 0 radical (unpaired) electrons. The number of thiazole rings is 1. The molecule has 3 aromatic rings. The Hall–Kier alpha value is -3.12. The van der Waals surface area contributed by atoms with E-state index in [4.69, 9.17) is 4.74 Å². The number of ether oxygens (including phenoxy) is 1. The predicted octanol–water partition coefficient (Wildman–Crippen LogP) is 3.87. The van der Waals surface area contributed by atoms with Gasteiger partial charge >= 0.3 is 4.87 Å². The Morgan fingerprint density at radius 2 is 2.04 bits per heavy atom. The fourth-order valence-corrected chi connectivity index (χ4v) is 3.59. The van der Waals surface area contributed by atoms with Crippen molar-refractivity contribution in [2.24, 2.45) is 4.99 Å². The Morgan fingerprint density at radius 3 is 2.88 bits per heavy atom. The zero-order valence-corrected chi connectivity index (χ0v) is 14.2. The third-order valence-corrected chi connectivity index (χ3v) is 4.85. The lowest BCUT2D eigenvalue weighted by atomic mass is 10.1. The van der Waals surface area contributed by atoms with Gasteiger partial charge in [-0.2, -0.15) is 0 Å². The fraction of sp³-hybridized carbons (Fsp3) is 0.0526. The van der Waals surface area contributed by atoms with Gasteiger partial charge in [0.15, 0.2) is 0 Å². The highest BCUT2D eigenvalue weighted by Gasteiger charge is 2.17. The van der Waals surface area contributed by atoms with Gasteiger partial charge in [-0.15, -0.1) is 0 Å². The van der Waals surface area contributed by atoms with Crippen LogP contribution in [0.1, 0.15) is 10.4 Å². The van der Waals surface area contributed by atoms with Crippen LogP contribution in [0.15, 0.2) is 58.3 Å². The van der Waals surface area contributed by atoms with Gasteiger partial charge in [0, 0.05) is 23.4 Å². The number of para-hydroxylation sites is 1. The van der Waals surface area contributed by atoms with Gasteiger partial charge in [0.05, 0.1) is 23.4 Å². The first-order chi connectivity index (χ1) is 12.2. The molecule has 0 unspecified atom stereocenters. The second-order valence-corrected chi connectivity index (χ2v) is 6.46. The summed E-state index contributed by atoms with van der Waals surface area (Å²) in [5, 5.41) is 10.6. The molecule has 25 heavy (non-hydrogen) atoms. The molecule has 1 aliphatic heterocycles. The van der Waals surface area contributed by atoms with Crippen LogP contribution in [-0.4, -0.2) is 23.0 Å². The molecule has 6 heteroatoms.